The van der Waals surface area contributed by atoms with Gasteiger partial charge in [-0.2, -0.15) is 0 Å². The predicted octanol–water partition coefficient (Wildman–Crippen LogP) is 2.61. The number of aryl methyl sites for hydroxylation is 1. The number of benzene rings is 1. The minimum atomic E-state index is -0.915. The Kier molecular flexibility index (Phi) is 4.07. The monoisotopic (exact) mass is 260 g/mol. The van der Waals surface area contributed by atoms with Crippen molar-refractivity contribution < 1.29 is 14.3 Å². The van der Waals surface area contributed by atoms with Crippen molar-refractivity contribution in [3.8, 4) is 0 Å². The highest BCUT2D eigenvalue weighted by Gasteiger charge is 2.13. The Morgan fingerprint density at radius 2 is 2.14 bits per heavy atom. The Balaban J connectivity index is 2.54. The summed E-state index contributed by atoms with van der Waals surface area (Å²) in [5.74, 6) is -1.20. The Labute approximate surface area is 89.9 Å². The lowest BCUT2D eigenvalue weighted by Gasteiger charge is -2.05. The van der Waals surface area contributed by atoms with E-state index in [0.29, 0.717) is 18.4 Å². The highest BCUT2D eigenvalue weighted by molar-refractivity contribution is 9.10. The maximum Gasteiger partial charge on any atom is 0.317 e. The van der Waals surface area contributed by atoms with Crippen molar-refractivity contribution >= 4 is 21.9 Å². The molecule has 0 aliphatic carbocycles. The normalized spacial score (nSPS) is 12.4. The van der Waals surface area contributed by atoms with Crippen LogP contribution in [0.1, 0.15) is 12.0 Å². The summed E-state index contributed by atoms with van der Waals surface area (Å²) >= 11 is 3.00. The van der Waals surface area contributed by atoms with Crippen molar-refractivity contribution in [2.75, 3.05) is 0 Å². The Morgan fingerprint density at radius 3 is 2.71 bits per heavy atom. The summed E-state index contributed by atoms with van der Waals surface area (Å²) < 4.78 is 13.1. The van der Waals surface area contributed by atoms with Gasteiger partial charge < -0.3 is 5.11 Å². The zero-order chi connectivity index (χ0) is 10.6. The molecular weight excluding hydrogens is 251 g/mol. The molecule has 14 heavy (non-hydrogen) atoms. The number of alkyl halides is 1. The van der Waals surface area contributed by atoms with E-state index >= 15 is 0 Å². The van der Waals surface area contributed by atoms with E-state index in [9.17, 15) is 9.18 Å². The predicted molar refractivity (Wildman–Crippen MR) is 55.1 cm³/mol. The van der Waals surface area contributed by atoms with E-state index in [1.54, 1.807) is 18.2 Å². The quantitative estimate of drug-likeness (QED) is 0.846. The number of hydrogen-bond acceptors (Lipinski definition) is 1. The van der Waals surface area contributed by atoms with Gasteiger partial charge >= 0.3 is 5.97 Å². The van der Waals surface area contributed by atoms with Gasteiger partial charge in [-0.25, -0.2) is 4.39 Å². The number of carbonyl (C=O) groups is 1. The summed E-state index contributed by atoms with van der Waals surface area (Å²) in [4.78, 5) is 9.86. The molecule has 1 rings (SSSR count). The zero-order valence-electron chi connectivity index (χ0n) is 7.41. The standard InChI is InChI=1S/C10H10BrFO2/c11-8(10(13)14)6-5-7-3-1-2-4-9(7)12/h1-4,8H,5-6H2,(H,13,14). The highest BCUT2D eigenvalue weighted by atomic mass is 79.9. The molecule has 0 aliphatic heterocycles. The van der Waals surface area contributed by atoms with Crippen LogP contribution in [0.3, 0.4) is 0 Å². The van der Waals surface area contributed by atoms with Crippen LogP contribution in [0.2, 0.25) is 0 Å². The molecular formula is C10H10BrFO2. The van der Waals surface area contributed by atoms with Crippen LogP contribution < -0.4 is 0 Å². The minimum Gasteiger partial charge on any atom is -0.480 e. The molecule has 0 saturated carbocycles. The molecule has 2 nitrogen and oxygen atoms in total. The Hall–Kier alpha value is -0.900. The lowest BCUT2D eigenvalue weighted by atomic mass is 10.1. The minimum absolute atomic E-state index is 0.280. The smallest absolute Gasteiger partial charge is 0.317 e. The average Bonchev–Trinajstić information content (AvgIpc) is 2.16. The van der Waals surface area contributed by atoms with Gasteiger partial charge in [0.15, 0.2) is 0 Å². The van der Waals surface area contributed by atoms with Gasteiger partial charge in [-0.15, -0.1) is 0 Å². The summed E-state index contributed by atoms with van der Waals surface area (Å²) in [5, 5.41) is 8.59. The Morgan fingerprint density at radius 1 is 1.50 bits per heavy atom. The molecule has 1 aromatic carbocycles. The Bertz CT molecular complexity index is 328. The van der Waals surface area contributed by atoms with Crippen LogP contribution in [0.5, 0.6) is 0 Å². The molecule has 4 heteroatoms. The summed E-state index contributed by atoms with van der Waals surface area (Å²) in [5.41, 5.74) is 0.554. The molecule has 0 aromatic heterocycles. The summed E-state index contributed by atoms with van der Waals surface area (Å²) in [6.45, 7) is 0. The van der Waals surface area contributed by atoms with Crippen molar-refractivity contribution in [3.05, 3.63) is 35.6 Å². The summed E-state index contributed by atoms with van der Waals surface area (Å²) in [6.07, 6.45) is 0.811. The van der Waals surface area contributed by atoms with Crippen molar-refractivity contribution in [1.82, 2.24) is 0 Å². The van der Waals surface area contributed by atoms with E-state index in [4.69, 9.17) is 5.11 Å². The molecule has 0 spiro atoms. The fourth-order valence-electron chi connectivity index (χ4n) is 1.11. The van der Waals surface area contributed by atoms with Crippen LogP contribution in [0, 0.1) is 5.82 Å². The molecule has 0 amide bonds. The molecule has 0 heterocycles. The van der Waals surface area contributed by atoms with Crippen molar-refractivity contribution in [2.24, 2.45) is 0 Å². The number of carboxylic acids is 1. The maximum absolute atomic E-state index is 13.1. The lowest BCUT2D eigenvalue weighted by molar-refractivity contribution is -0.136. The van der Waals surface area contributed by atoms with E-state index in [2.05, 4.69) is 15.9 Å². The average molecular weight is 261 g/mol. The van der Waals surface area contributed by atoms with E-state index in [1.165, 1.54) is 6.07 Å². The van der Waals surface area contributed by atoms with Gasteiger partial charge in [0.2, 0.25) is 0 Å². The molecule has 1 atom stereocenters. The first-order valence-corrected chi connectivity index (χ1v) is 5.13. The largest absolute Gasteiger partial charge is 0.480 e. The van der Waals surface area contributed by atoms with Gasteiger partial charge in [0.1, 0.15) is 10.6 Å². The fourth-order valence-corrected chi connectivity index (χ4v) is 1.34. The first-order valence-electron chi connectivity index (χ1n) is 4.21. The highest BCUT2D eigenvalue weighted by Crippen LogP contribution is 2.13. The second kappa shape index (κ2) is 5.10. The van der Waals surface area contributed by atoms with Gasteiger partial charge in [-0.05, 0) is 24.5 Å². The first-order chi connectivity index (χ1) is 6.61. The molecule has 0 aliphatic rings. The second-order valence-electron chi connectivity index (χ2n) is 2.94. The van der Waals surface area contributed by atoms with Gasteiger partial charge in [0, 0.05) is 0 Å². The second-order valence-corrected chi connectivity index (χ2v) is 4.04. The number of halogens is 2. The molecule has 1 unspecified atom stereocenters. The zero-order valence-corrected chi connectivity index (χ0v) is 9.00. The van der Waals surface area contributed by atoms with Crippen molar-refractivity contribution in [1.29, 1.82) is 0 Å². The molecule has 1 aromatic rings. The SMILES string of the molecule is O=C(O)C(Br)CCc1ccccc1F. The van der Waals surface area contributed by atoms with E-state index < -0.39 is 10.8 Å². The van der Waals surface area contributed by atoms with Crippen LogP contribution in [0.4, 0.5) is 4.39 Å². The van der Waals surface area contributed by atoms with Gasteiger partial charge in [0.25, 0.3) is 0 Å². The van der Waals surface area contributed by atoms with Crippen LogP contribution in [0.25, 0.3) is 0 Å². The molecule has 76 valence electrons. The fraction of sp³-hybridized carbons (Fsp3) is 0.300. The number of aliphatic carboxylic acids is 1. The van der Waals surface area contributed by atoms with Gasteiger partial charge in [-0.3, -0.25) is 4.79 Å². The number of rotatable bonds is 4. The number of carboxylic acid groups (broad SMARTS) is 1. The maximum atomic E-state index is 13.1. The molecule has 1 N–H and O–H groups in total. The van der Waals surface area contributed by atoms with Crippen LogP contribution in [0.15, 0.2) is 24.3 Å². The van der Waals surface area contributed by atoms with E-state index in [-0.39, 0.29) is 5.82 Å². The summed E-state index contributed by atoms with van der Waals surface area (Å²) in [7, 11) is 0. The molecule has 0 bridgehead atoms. The van der Waals surface area contributed by atoms with Crippen LogP contribution in [-0.4, -0.2) is 15.9 Å². The molecule has 0 saturated heterocycles. The molecule has 0 radical (unpaired) electrons. The van der Waals surface area contributed by atoms with Crippen LogP contribution >= 0.6 is 15.9 Å². The topological polar surface area (TPSA) is 37.3 Å². The summed E-state index contributed by atoms with van der Waals surface area (Å²) in [6, 6.07) is 6.39. The third-order valence-corrected chi connectivity index (χ3v) is 2.74. The van der Waals surface area contributed by atoms with Gasteiger partial charge in [-0.1, -0.05) is 34.1 Å². The third kappa shape index (κ3) is 3.10. The van der Waals surface area contributed by atoms with Crippen molar-refractivity contribution in [3.63, 3.8) is 0 Å². The third-order valence-electron chi connectivity index (χ3n) is 1.89. The van der Waals surface area contributed by atoms with E-state index in [1.807, 2.05) is 0 Å². The van der Waals surface area contributed by atoms with Crippen molar-refractivity contribution in [2.45, 2.75) is 17.7 Å². The molecule has 0 fully saturated rings. The van der Waals surface area contributed by atoms with Gasteiger partial charge in [0.05, 0.1) is 0 Å². The van der Waals surface area contributed by atoms with E-state index in [0.717, 1.165) is 0 Å². The number of hydrogen-bond donors (Lipinski definition) is 1. The first kappa shape index (κ1) is 11.2. The van der Waals surface area contributed by atoms with Crippen LogP contribution in [-0.2, 0) is 11.2 Å². The lowest BCUT2D eigenvalue weighted by Crippen LogP contribution is -2.13.